The van der Waals surface area contributed by atoms with E-state index in [1.54, 1.807) is 18.5 Å². The highest BCUT2D eigenvalue weighted by atomic mass is 16.6. The van der Waals surface area contributed by atoms with Gasteiger partial charge in [-0.1, -0.05) is 0 Å². The van der Waals surface area contributed by atoms with E-state index in [-0.39, 0.29) is 19.6 Å². The molecule has 1 aromatic heterocycles. The summed E-state index contributed by atoms with van der Waals surface area (Å²) in [5.41, 5.74) is 0. The van der Waals surface area contributed by atoms with Gasteiger partial charge in [-0.2, -0.15) is 5.10 Å². The van der Waals surface area contributed by atoms with Crippen molar-refractivity contribution in [1.82, 2.24) is 14.8 Å². The van der Waals surface area contributed by atoms with Crippen LogP contribution < -0.4 is 0 Å². The second-order valence-corrected chi connectivity index (χ2v) is 3.75. The normalized spacial score (nSPS) is 10.5. The first-order valence-electron chi connectivity index (χ1n) is 6.33. The van der Waals surface area contributed by atoms with Crippen LogP contribution in [0.1, 0.15) is 26.6 Å². The summed E-state index contributed by atoms with van der Waals surface area (Å²) in [6.07, 6.45) is 1.53. The summed E-state index contributed by atoms with van der Waals surface area (Å²) >= 11 is 0. The summed E-state index contributed by atoms with van der Waals surface area (Å²) in [5, 5.41) is 4.00. The molecule has 0 atom stereocenters. The molecule has 1 heterocycles. The Balaban J connectivity index is 2.84. The van der Waals surface area contributed by atoms with Crippen LogP contribution in [0.2, 0.25) is 0 Å². The largest absolute Gasteiger partial charge is 0.465 e. The lowest BCUT2D eigenvalue weighted by Gasteiger charge is -2.14. The van der Waals surface area contributed by atoms with Crippen molar-refractivity contribution in [3.63, 3.8) is 0 Å². The summed E-state index contributed by atoms with van der Waals surface area (Å²) in [5.74, 6) is -1.61. The summed E-state index contributed by atoms with van der Waals surface area (Å²) in [6.45, 7) is 6.34. The average molecular weight is 269 g/mol. The third-order valence-electron chi connectivity index (χ3n) is 2.52. The molecule has 0 radical (unpaired) electrons. The Hall–Kier alpha value is -1.92. The predicted octanol–water partition coefficient (Wildman–Crippen LogP) is 0.583. The van der Waals surface area contributed by atoms with Crippen molar-refractivity contribution in [2.45, 2.75) is 33.7 Å². The molecule has 19 heavy (non-hydrogen) atoms. The molecule has 0 saturated carbocycles. The molecule has 106 valence electrons. The molecule has 1 aromatic rings. The molecule has 7 nitrogen and oxygen atoms in total. The van der Waals surface area contributed by atoms with Gasteiger partial charge in [0.15, 0.2) is 5.92 Å². The van der Waals surface area contributed by atoms with Gasteiger partial charge in [0.2, 0.25) is 0 Å². The third kappa shape index (κ3) is 4.04. The maximum Gasteiger partial charge on any atom is 0.320 e. The Kier molecular flexibility index (Phi) is 5.98. The molecule has 0 fully saturated rings. The number of rotatable bonds is 7. The molecule has 0 saturated heterocycles. The maximum atomic E-state index is 11.8. The first-order chi connectivity index (χ1) is 9.13. The summed E-state index contributed by atoms with van der Waals surface area (Å²) in [7, 11) is 0. The molecular weight excluding hydrogens is 250 g/mol. The van der Waals surface area contributed by atoms with Gasteiger partial charge in [-0.05, 0) is 20.8 Å². The first-order valence-corrected chi connectivity index (χ1v) is 6.33. The molecular formula is C12H19N3O4. The predicted molar refractivity (Wildman–Crippen MR) is 66.2 cm³/mol. The van der Waals surface area contributed by atoms with E-state index in [4.69, 9.17) is 9.47 Å². The van der Waals surface area contributed by atoms with Crippen LogP contribution in [0.5, 0.6) is 0 Å². The summed E-state index contributed by atoms with van der Waals surface area (Å²) < 4.78 is 11.4. The SMILES string of the molecule is CCOC(=O)C(Cc1ncnn1CC)C(=O)OCC. The van der Waals surface area contributed by atoms with Gasteiger partial charge in [0.1, 0.15) is 12.2 Å². The molecule has 0 unspecified atom stereocenters. The number of esters is 2. The molecule has 0 aliphatic carbocycles. The minimum absolute atomic E-state index is 0.130. The molecule has 0 aliphatic rings. The van der Waals surface area contributed by atoms with E-state index >= 15 is 0 Å². The van der Waals surface area contributed by atoms with Crippen LogP contribution >= 0.6 is 0 Å². The van der Waals surface area contributed by atoms with Crippen molar-refractivity contribution >= 4 is 11.9 Å². The van der Waals surface area contributed by atoms with Crippen LogP contribution in [-0.2, 0) is 32.0 Å². The highest BCUT2D eigenvalue weighted by Gasteiger charge is 2.31. The van der Waals surface area contributed by atoms with E-state index in [2.05, 4.69) is 10.1 Å². The number of ether oxygens (including phenoxy) is 2. The number of nitrogens with zero attached hydrogens (tertiary/aromatic N) is 3. The van der Waals surface area contributed by atoms with Crippen molar-refractivity contribution in [3.05, 3.63) is 12.2 Å². The van der Waals surface area contributed by atoms with Crippen molar-refractivity contribution < 1.29 is 19.1 Å². The zero-order chi connectivity index (χ0) is 14.3. The summed E-state index contributed by atoms with van der Waals surface area (Å²) in [4.78, 5) is 27.7. The standard InChI is InChI=1S/C12H19N3O4/c1-4-15-10(13-8-14-15)7-9(11(16)18-5-2)12(17)19-6-3/h8-9H,4-7H2,1-3H3. The number of carbonyl (C=O) groups excluding carboxylic acids is 2. The summed E-state index contributed by atoms with van der Waals surface area (Å²) in [6, 6.07) is 0. The second kappa shape index (κ2) is 7.50. The van der Waals surface area contributed by atoms with E-state index in [0.717, 1.165) is 0 Å². The molecule has 0 aliphatic heterocycles. The highest BCUT2D eigenvalue weighted by molar-refractivity contribution is 5.95. The number of hydrogen-bond acceptors (Lipinski definition) is 6. The Morgan fingerprint density at radius 2 is 1.79 bits per heavy atom. The lowest BCUT2D eigenvalue weighted by molar-refractivity contribution is -0.161. The molecule has 1 rings (SSSR count). The van der Waals surface area contributed by atoms with Gasteiger partial charge in [0, 0.05) is 13.0 Å². The molecule has 0 amide bonds. The van der Waals surface area contributed by atoms with Gasteiger partial charge < -0.3 is 9.47 Å². The Morgan fingerprint density at radius 3 is 2.26 bits per heavy atom. The van der Waals surface area contributed by atoms with Crippen LogP contribution in [0.3, 0.4) is 0 Å². The third-order valence-corrected chi connectivity index (χ3v) is 2.52. The Labute approximate surface area is 111 Å². The Morgan fingerprint density at radius 1 is 1.21 bits per heavy atom. The molecule has 0 aromatic carbocycles. The average Bonchev–Trinajstić information content (AvgIpc) is 2.83. The monoisotopic (exact) mass is 269 g/mol. The number of carbonyl (C=O) groups is 2. The van der Waals surface area contributed by atoms with E-state index < -0.39 is 17.9 Å². The van der Waals surface area contributed by atoms with Crippen LogP contribution in [0, 0.1) is 5.92 Å². The number of hydrogen-bond donors (Lipinski definition) is 0. The zero-order valence-electron chi connectivity index (χ0n) is 11.5. The van der Waals surface area contributed by atoms with E-state index in [1.165, 1.54) is 6.33 Å². The van der Waals surface area contributed by atoms with Gasteiger partial charge in [-0.15, -0.1) is 0 Å². The maximum absolute atomic E-state index is 11.8. The molecule has 0 spiro atoms. The van der Waals surface area contributed by atoms with Crippen LogP contribution in [0.25, 0.3) is 0 Å². The van der Waals surface area contributed by atoms with Gasteiger partial charge in [-0.25, -0.2) is 4.98 Å². The van der Waals surface area contributed by atoms with Crippen molar-refractivity contribution in [2.24, 2.45) is 5.92 Å². The highest BCUT2D eigenvalue weighted by Crippen LogP contribution is 2.11. The molecule has 0 bridgehead atoms. The van der Waals surface area contributed by atoms with Gasteiger partial charge >= 0.3 is 11.9 Å². The van der Waals surface area contributed by atoms with Crippen LogP contribution in [0.4, 0.5) is 0 Å². The van der Waals surface area contributed by atoms with E-state index in [9.17, 15) is 9.59 Å². The minimum Gasteiger partial charge on any atom is -0.465 e. The fourth-order valence-corrected chi connectivity index (χ4v) is 1.64. The van der Waals surface area contributed by atoms with Crippen LogP contribution in [0.15, 0.2) is 6.33 Å². The first kappa shape index (κ1) is 15.1. The number of aryl methyl sites for hydroxylation is 1. The quantitative estimate of drug-likeness (QED) is 0.532. The van der Waals surface area contributed by atoms with Gasteiger partial charge in [0.05, 0.1) is 13.2 Å². The minimum atomic E-state index is -0.991. The topological polar surface area (TPSA) is 83.3 Å². The van der Waals surface area contributed by atoms with E-state index in [0.29, 0.717) is 12.4 Å². The molecule has 7 heteroatoms. The smallest absolute Gasteiger partial charge is 0.320 e. The zero-order valence-corrected chi connectivity index (χ0v) is 11.5. The number of aromatic nitrogens is 3. The lowest BCUT2D eigenvalue weighted by Crippen LogP contribution is -2.31. The lowest BCUT2D eigenvalue weighted by atomic mass is 10.1. The van der Waals surface area contributed by atoms with E-state index in [1.807, 2.05) is 6.92 Å². The van der Waals surface area contributed by atoms with Gasteiger partial charge in [-0.3, -0.25) is 14.3 Å². The van der Waals surface area contributed by atoms with Gasteiger partial charge in [0.25, 0.3) is 0 Å². The van der Waals surface area contributed by atoms with Crippen molar-refractivity contribution in [1.29, 1.82) is 0 Å². The fraction of sp³-hybridized carbons (Fsp3) is 0.667. The second-order valence-electron chi connectivity index (χ2n) is 3.75. The van der Waals surface area contributed by atoms with Crippen LogP contribution in [-0.4, -0.2) is 39.9 Å². The fourth-order valence-electron chi connectivity index (χ4n) is 1.64. The van der Waals surface area contributed by atoms with Crippen molar-refractivity contribution in [3.8, 4) is 0 Å². The Bertz CT molecular complexity index is 412. The molecule has 0 N–H and O–H groups in total. The van der Waals surface area contributed by atoms with Crippen molar-refractivity contribution in [2.75, 3.05) is 13.2 Å².